The number of halogens is 1. The molecule has 0 aliphatic rings. The zero-order valence-corrected chi connectivity index (χ0v) is 23.3. The molecular weight excluding hydrogens is 488 g/mol. The van der Waals surface area contributed by atoms with Crippen LogP contribution in [0, 0.1) is 0 Å². The molecule has 178 valence electrons. The van der Waals surface area contributed by atoms with E-state index in [-0.39, 0.29) is 35.5 Å². The van der Waals surface area contributed by atoms with Crippen LogP contribution < -0.4 is 61.2 Å². The molecule has 0 amide bonds. The molecule has 0 saturated heterocycles. The van der Waals surface area contributed by atoms with Crippen molar-refractivity contribution in [2.45, 2.75) is 0 Å². The van der Waals surface area contributed by atoms with Gasteiger partial charge >= 0.3 is 23.1 Å². The predicted octanol–water partition coefficient (Wildman–Crippen LogP) is -2.31. The van der Waals surface area contributed by atoms with Gasteiger partial charge in [0.1, 0.15) is 0 Å². The summed E-state index contributed by atoms with van der Waals surface area (Å²) in [6.45, 7) is 0. The van der Waals surface area contributed by atoms with E-state index in [1.165, 1.54) is 42.7 Å². The fourth-order valence-electron chi connectivity index (χ4n) is 3.93. The average molecular weight is 515 g/mol. The molecule has 0 heterocycles. The topological polar surface area (TPSA) is 78.4 Å². The molecule has 3 aromatic carbocycles. The second kappa shape index (κ2) is 13.0. The number of methoxy groups -OCH3 is 6. The zero-order valence-electron chi connectivity index (χ0n) is 20.1. The van der Waals surface area contributed by atoms with Gasteiger partial charge in [0.15, 0.2) is 34.5 Å². The molecular formula is C24H27ClMgO7Si. The summed E-state index contributed by atoms with van der Waals surface area (Å²) in [6.07, 6.45) is 0. The summed E-state index contributed by atoms with van der Waals surface area (Å²) in [4.78, 5) is 15.4. The van der Waals surface area contributed by atoms with Gasteiger partial charge in [-0.25, -0.2) is 0 Å². The van der Waals surface area contributed by atoms with E-state index < -0.39 is 8.32 Å². The summed E-state index contributed by atoms with van der Waals surface area (Å²) in [5, 5.41) is 1.37. The van der Waals surface area contributed by atoms with Gasteiger partial charge in [0, 0.05) is 0 Å². The number of para-hydroxylation sites is 3. The minimum absolute atomic E-state index is 0. The molecule has 0 aliphatic heterocycles. The Morgan fingerprint density at radius 1 is 0.500 bits per heavy atom. The largest absolute Gasteiger partial charge is 2.00 e. The van der Waals surface area contributed by atoms with E-state index in [0.29, 0.717) is 50.1 Å². The molecule has 34 heavy (non-hydrogen) atoms. The number of ether oxygens (including phenoxy) is 6. The van der Waals surface area contributed by atoms with Crippen LogP contribution in [0.3, 0.4) is 0 Å². The SMILES string of the molecule is COc1cccc([Si]([O-])(c2cccc(OC)c2OC)c2cccc(OC)c2OC)c1OC.[Cl-].[Mg+2]. The molecule has 0 N–H and O–H groups in total. The second-order valence-corrected chi connectivity index (χ2v) is 9.78. The normalized spacial score (nSPS) is 10.3. The molecule has 0 aliphatic carbocycles. The second-order valence-electron chi connectivity index (χ2n) is 6.80. The number of rotatable bonds is 9. The van der Waals surface area contributed by atoms with Gasteiger partial charge in [0.2, 0.25) is 0 Å². The molecule has 3 rings (SSSR count). The standard InChI is InChI=1S/C24H27O7Si.ClH.Mg/c1-26-16-10-7-13-19(22(16)29-4)32(25,20-14-8-11-17(27-2)23(20)30-5)21-15-9-12-18(28-3)24(21)31-6;;/h7-15H,1-6H3;1H;/q-1;;+2/p-1. The maximum absolute atomic E-state index is 15.4. The third-order valence-corrected chi connectivity index (χ3v) is 8.80. The van der Waals surface area contributed by atoms with Crippen LogP contribution in [0.2, 0.25) is 0 Å². The summed E-state index contributed by atoms with van der Waals surface area (Å²) in [5.41, 5.74) is 0. The van der Waals surface area contributed by atoms with Crippen molar-refractivity contribution in [1.82, 2.24) is 0 Å². The first-order chi connectivity index (χ1) is 15.5. The third-order valence-electron chi connectivity index (χ3n) is 5.35. The van der Waals surface area contributed by atoms with Crippen molar-refractivity contribution in [2.75, 3.05) is 42.7 Å². The first-order valence-corrected chi connectivity index (χ1v) is 11.8. The molecule has 0 saturated carbocycles. The van der Waals surface area contributed by atoms with Crippen LogP contribution in [0.4, 0.5) is 0 Å². The van der Waals surface area contributed by atoms with Crippen LogP contribution in [-0.2, 0) is 0 Å². The van der Waals surface area contributed by atoms with E-state index in [1.54, 1.807) is 54.6 Å². The molecule has 0 bridgehead atoms. The molecule has 0 unspecified atom stereocenters. The van der Waals surface area contributed by atoms with Gasteiger partial charge in [0.05, 0.1) is 51.0 Å². The van der Waals surface area contributed by atoms with Crippen molar-refractivity contribution in [3.8, 4) is 34.5 Å². The van der Waals surface area contributed by atoms with Crippen molar-refractivity contribution >= 4 is 46.9 Å². The maximum atomic E-state index is 15.4. The van der Waals surface area contributed by atoms with Crippen LogP contribution in [-0.4, -0.2) is 74.0 Å². The first-order valence-electron chi connectivity index (χ1n) is 9.86. The molecule has 0 atom stereocenters. The van der Waals surface area contributed by atoms with E-state index in [0.717, 1.165) is 0 Å². The van der Waals surface area contributed by atoms with Gasteiger partial charge in [0.25, 0.3) is 0 Å². The molecule has 0 radical (unpaired) electrons. The van der Waals surface area contributed by atoms with Crippen molar-refractivity contribution in [3.05, 3.63) is 54.6 Å². The monoisotopic (exact) mass is 514 g/mol. The van der Waals surface area contributed by atoms with Crippen LogP contribution >= 0.6 is 0 Å². The fraction of sp³-hybridized carbons (Fsp3) is 0.250. The van der Waals surface area contributed by atoms with E-state index >= 15 is 4.80 Å². The Kier molecular flexibility index (Phi) is 11.3. The summed E-state index contributed by atoms with van der Waals surface area (Å²) >= 11 is 0. The first kappa shape index (κ1) is 29.7. The van der Waals surface area contributed by atoms with Crippen molar-refractivity contribution in [1.29, 1.82) is 0 Å². The number of hydrogen-bond donors (Lipinski definition) is 0. The fourth-order valence-corrected chi connectivity index (χ4v) is 7.43. The van der Waals surface area contributed by atoms with E-state index in [2.05, 4.69) is 0 Å². The van der Waals surface area contributed by atoms with Gasteiger partial charge in [-0.1, -0.05) is 36.4 Å². The molecule has 0 spiro atoms. The zero-order chi connectivity index (χ0) is 23.3. The van der Waals surface area contributed by atoms with E-state index in [9.17, 15) is 0 Å². The van der Waals surface area contributed by atoms with Crippen LogP contribution in [0.15, 0.2) is 54.6 Å². The molecule has 7 nitrogen and oxygen atoms in total. The molecule has 3 aromatic rings. The smallest absolute Gasteiger partial charge is 1.00 e. The van der Waals surface area contributed by atoms with Crippen molar-refractivity contribution < 1.29 is 45.6 Å². The van der Waals surface area contributed by atoms with Gasteiger partial charge < -0.3 is 45.6 Å². The van der Waals surface area contributed by atoms with Crippen molar-refractivity contribution in [3.63, 3.8) is 0 Å². The van der Waals surface area contributed by atoms with Crippen LogP contribution in [0.5, 0.6) is 34.5 Å². The maximum Gasteiger partial charge on any atom is 2.00 e. The summed E-state index contributed by atoms with van der Waals surface area (Å²) in [7, 11) is 5.07. The Labute approximate surface area is 223 Å². The minimum Gasteiger partial charge on any atom is -1.00 e. The summed E-state index contributed by atoms with van der Waals surface area (Å²) in [5.74, 6) is 2.48. The average Bonchev–Trinajstić information content (AvgIpc) is 2.86. The van der Waals surface area contributed by atoms with E-state index in [4.69, 9.17) is 28.4 Å². The number of benzene rings is 3. The van der Waals surface area contributed by atoms with Crippen molar-refractivity contribution in [2.24, 2.45) is 0 Å². The predicted molar refractivity (Wildman–Crippen MR) is 129 cm³/mol. The molecule has 10 heteroatoms. The Morgan fingerprint density at radius 3 is 0.971 bits per heavy atom. The van der Waals surface area contributed by atoms with E-state index in [1.807, 2.05) is 0 Å². The summed E-state index contributed by atoms with van der Waals surface area (Å²) in [6, 6.07) is 15.9. The van der Waals surface area contributed by atoms with Crippen LogP contribution in [0.25, 0.3) is 0 Å². The van der Waals surface area contributed by atoms with Crippen LogP contribution in [0.1, 0.15) is 0 Å². The molecule has 0 fully saturated rings. The Morgan fingerprint density at radius 2 is 0.765 bits per heavy atom. The van der Waals surface area contributed by atoms with Gasteiger partial charge in [-0.2, -0.15) is 0 Å². The Bertz CT molecular complexity index is 962. The quantitative estimate of drug-likeness (QED) is 0.234. The van der Waals surface area contributed by atoms with Gasteiger partial charge in [-0.3, -0.25) is 0 Å². The molecule has 0 aromatic heterocycles. The number of hydrogen-bond acceptors (Lipinski definition) is 7. The van der Waals surface area contributed by atoms with Gasteiger partial charge in [-0.15, -0.1) is 0 Å². The Hall–Kier alpha value is -2.31. The summed E-state index contributed by atoms with van der Waals surface area (Å²) < 4.78 is 33.5. The Balaban J connectivity index is 0.00000289. The minimum atomic E-state index is -4.08. The third kappa shape index (κ3) is 5.03. The van der Waals surface area contributed by atoms with Gasteiger partial charge in [-0.05, 0) is 33.8 Å².